The number of anilines is 2. The maximum atomic E-state index is 12.3. The van der Waals surface area contributed by atoms with Gasteiger partial charge in [-0.25, -0.2) is 4.98 Å². The first-order valence-corrected chi connectivity index (χ1v) is 6.79. The summed E-state index contributed by atoms with van der Waals surface area (Å²) >= 11 is 3.31. The number of aromatic nitrogens is 1. The molecule has 1 aromatic carbocycles. The molecular formula is C14H14BrN3O3. The fourth-order valence-corrected chi connectivity index (χ4v) is 2.10. The fraction of sp³-hybridized carbons (Fsp3) is 0.143. The van der Waals surface area contributed by atoms with Crippen LogP contribution >= 0.6 is 15.9 Å². The van der Waals surface area contributed by atoms with E-state index < -0.39 is 0 Å². The second-order valence-corrected chi connectivity index (χ2v) is 4.94. The minimum Gasteiger partial charge on any atom is -0.493 e. The van der Waals surface area contributed by atoms with Crippen LogP contribution in [0.1, 0.15) is 10.4 Å². The van der Waals surface area contributed by atoms with Gasteiger partial charge in [-0.3, -0.25) is 4.79 Å². The summed E-state index contributed by atoms with van der Waals surface area (Å²) in [5, 5.41) is 2.68. The van der Waals surface area contributed by atoms with Crippen molar-refractivity contribution in [2.75, 3.05) is 25.3 Å². The SMILES string of the molecule is COc1cc(N)c(C(=O)Nc2ncccc2Br)cc1OC. The molecule has 1 aromatic heterocycles. The number of carbonyl (C=O) groups excluding carboxylic acids is 1. The molecule has 7 heteroatoms. The molecule has 21 heavy (non-hydrogen) atoms. The number of amides is 1. The van der Waals surface area contributed by atoms with Gasteiger partial charge >= 0.3 is 0 Å². The molecule has 0 aliphatic carbocycles. The molecule has 0 spiro atoms. The Morgan fingerprint density at radius 2 is 1.95 bits per heavy atom. The lowest BCUT2D eigenvalue weighted by Crippen LogP contribution is -2.15. The minimum absolute atomic E-state index is 0.283. The van der Waals surface area contributed by atoms with Crippen molar-refractivity contribution in [2.24, 2.45) is 0 Å². The molecular weight excluding hydrogens is 338 g/mol. The predicted octanol–water partition coefficient (Wildman–Crippen LogP) is 2.70. The minimum atomic E-state index is -0.382. The fourth-order valence-electron chi connectivity index (χ4n) is 1.74. The molecule has 0 fully saturated rings. The number of hydrogen-bond donors (Lipinski definition) is 2. The van der Waals surface area contributed by atoms with E-state index in [-0.39, 0.29) is 17.2 Å². The number of nitrogens with zero attached hydrogens (tertiary/aromatic N) is 1. The zero-order valence-electron chi connectivity index (χ0n) is 11.5. The Balaban J connectivity index is 2.33. The van der Waals surface area contributed by atoms with Gasteiger partial charge in [0.25, 0.3) is 5.91 Å². The van der Waals surface area contributed by atoms with E-state index >= 15 is 0 Å². The average Bonchev–Trinajstić information content (AvgIpc) is 2.49. The van der Waals surface area contributed by atoms with Crippen molar-refractivity contribution in [3.63, 3.8) is 0 Å². The molecule has 110 valence electrons. The maximum Gasteiger partial charge on any atom is 0.259 e. The van der Waals surface area contributed by atoms with Crippen LogP contribution in [-0.2, 0) is 0 Å². The summed E-state index contributed by atoms with van der Waals surface area (Å²) in [6, 6.07) is 6.60. The summed E-state index contributed by atoms with van der Waals surface area (Å²) in [5.74, 6) is 0.923. The molecule has 0 atom stereocenters. The van der Waals surface area contributed by atoms with Gasteiger partial charge in [0.2, 0.25) is 0 Å². The summed E-state index contributed by atoms with van der Waals surface area (Å²) in [4.78, 5) is 16.4. The van der Waals surface area contributed by atoms with Crippen LogP contribution in [0.4, 0.5) is 11.5 Å². The third kappa shape index (κ3) is 3.25. The lowest BCUT2D eigenvalue weighted by atomic mass is 10.1. The molecule has 1 amide bonds. The highest BCUT2D eigenvalue weighted by Gasteiger charge is 2.16. The molecule has 0 bridgehead atoms. The zero-order chi connectivity index (χ0) is 15.4. The van der Waals surface area contributed by atoms with E-state index in [1.165, 1.54) is 20.3 Å². The Hall–Kier alpha value is -2.28. The number of carbonyl (C=O) groups is 1. The van der Waals surface area contributed by atoms with Gasteiger partial charge in [-0.15, -0.1) is 0 Å². The first-order valence-electron chi connectivity index (χ1n) is 6.00. The number of nitrogens with two attached hydrogens (primary N) is 1. The summed E-state index contributed by atoms with van der Waals surface area (Å²) in [5.41, 5.74) is 6.46. The summed E-state index contributed by atoms with van der Waals surface area (Å²) in [7, 11) is 2.99. The van der Waals surface area contributed by atoms with Crippen LogP contribution in [0, 0.1) is 0 Å². The molecule has 6 nitrogen and oxygen atoms in total. The van der Waals surface area contributed by atoms with Gasteiger partial charge in [0.1, 0.15) is 5.82 Å². The Bertz CT molecular complexity index is 677. The number of methoxy groups -OCH3 is 2. The Labute approximate surface area is 130 Å². The van der Waals surface area contributed by atoms with E-state index in [2.05, 4.69) is 26.2 Å². The zero-order valence-corrected chi connectivity index (χ0v) is 13.1. The molecule has 0 saturated carbocycles. The number of rotatable bonds is 4. The van der Waals surface area contributed by atoms with Crippen LogP contribution in [0.15, 0.2) is 34.9 Å². The molecule has 0 unspecified atom stereocenters. The Morgan fingerprint density at radius 1 is 1.29 bits per heavy atom. The largest absolute Gasteiger partial charge is 0.493 e. The van der Waals surface area contributed by atoms with Crippen LogP contribution in [0.25, 0.3) is 0 Å². The van der Waals surface area contributed by atoms with Crippen LogP contribution in [0.3, 0.4) is 0 Å². The molecule has 3 N–H and O–H groups in total. The van der Waals surface area contributed by atoms with Gasteiger partial charge in [0.05, 0.1) is 24.3 Å². The average molecular weight is 352 g/mol. The van der Waals surface area contributed by atoms with E-state index in [4.69, 9.17) is 15.2 Å². The van der Waals surface area contributed by atoms with E-state index in [9.17, 15) is 4.79 Å². The van der Waals surface area contributed by atoms with E-state index in [1.807, 2.05) is 0 Å². The second kappa shape index (κ2) is 6.45. The van der Waals surface area contributed by atoms with Gasteiger partial charge < -0.3 is 20.5 Å². The normalized spacial score (nSPS) is 10.0. The van der Waals surface area contributed by atoms with Gasteiger partial charge in [0, 0.05) is 18.0 Å². The van der Waals surface area contributed by atoms with Crippen molar-refractivity contribution < 1.29 is 14.3 Å². The Kier molecular flexibility index (Phi) is 4.64. The number of nitrogens with one attached hydrogen (secondary N) is 1. The van der Waals surface area contributed by atoms with E-state index in [0.29, 0.717) is 21.8 Å². The highest BCUT2D eigenvalue weighted by Crippen LogP contribution is 2.32. The van der Waals surface area contributed by atoms with Gasteiger partial charge in [0.15, 0.2) is 11.5 Å². The van der Waals surface area contributed by atoms with Gasteiger partial charge in [-0.05, 0) is 34.1 Å². The number of ether oxygens (including phenoxy) is 2. The molecule has 0 aliphatic heterocycles. The van der Waals surface area contributed by atoms with Crippen LogP contribution in [0.5, 0.6) is 11.5 Å². The molecule has 0 radical (unpaired) electrons. The lowest BCUT2D eigenvalue weighted by Gasteiger charge is -2.12. The van der Waals surface area contributed by atoms with Crippen LogP contribution in [-0.4, -0.2) is 25.1 Å². The van der Waals surface area contributed by atoms with Crippen molar-refractivity contribution in [1.82, 2.24) is 4.98 Å². The van der Waals surface area contributed by atoms with Crippen molar-refractivity contribution in [3.8, 4) is 11.5 Å². The van der Waals surface area contributed by atoms with Crippen molar-refractivity contribution >= 4 is 33.3 Å². The highest BCUT2D eigenvalue weighted by atomic mass is 79.9. The van der Waals surface area contributed by atoms with Crippen LogP contribution < -0.4 is 20.5 Å². The molecule has 0 saturated heterocycles. The second-order valence-electron chi connectivity index (χ2n) is 4.08. The van der Waals surface area contributed by atoms with E-state index in [0.717, 1.165) is 0 Å². The van der Waals surface area contributed by atoms with Crippen molar-refractivity contribution in [2.45, 2.75) is 0 Å². The lowest BCUT2D eigenvalue weighted by molar-refractivity contribution is 0.102. The standard InChI is InChI=1S/C14H14BrN3O3/c1-20-11-6-8(10(16)7-12(11)21-2)14(19)18-13-9(15)4-3-5-17-13/h3-7H,16H2,1-2H3,(H,17,18,19). The summed E-state index contributed by atoms with van der Waals surface area (Å²) < 4.78 is 11.0. The molecule has 2 aromatic rings. The number of benzene rings is 1. The first-order chi connectivity index (χ1) is 10.1. The maximum absolute atomic E-state index is 12.3. The van der Waals surface area contributed by atoms with Crippen molar-refractivity contribution in [3.05, 3.63) is 40.5 Å². The van der Waals surface area contributed by atoms with E-state index in [1.54, 1.807) is 24.4 Å². The number of halogens is 1. The Morgan fingerprint density at radius 3 is 2.57 bits per heavy atom. The third-order valence-corrected chi connectivity index (χ3v) is 3.43. The number of pyridine rings is 1. The smallest absolute Gasteiger partial charge is 0.259 e. The summed E-state index contributed by atoms with van der Waals surface area (Å²) in [6.07, 6.45) is 1.58. The number of nitrogen functional groups attached to an aromatic ring is 1. The van der Waals surface area contributed by atoms with Gasteiger partial charge in [-0.2, -0.15) is 0 Å². The molecule has 1 heterocycles. The third-order valence-electron chi connectivity index (χ3n) is 2.79. The topological polar surface area (TPSA) is 86.5 Å². The quantitative estimate of drug-likeness (QED) is 0.827. The first kappa shape index (κ1) is 15.1. The van der Waals surface area contributed by atoms with Gasteiger partial charge in [-0.1, -0.05) is 0 Å². The molecule has 0 aliphatic rings. The number of hydrogen-bond acceptors (Lipinski definition) is 5. The monoisotopic (exact) mass is 351 g/mol. The molecule has 2 rings (SSSR count). The van der Waals surface area contributed by atoms with Crippen LogP contribution in [0.2, 0.25) is 0 Å². The highest BCUT2D eigenvalue weighted by molar-refractivity contribution is 9.10. The summed E-state index contributed by atoms with van der Waals surface area (Å²) in [6.45, 7) is 0. The van der Waals surface area contributed by atoms with Crippen molar-refractivity contribution in [1.29, 1.82) is 0 Å². The predicted molar refractivity (Wildman–Crippen MR) is 83.8 cm³/mol.